The Bertz CT molecular complexity index is 379. The third-order valence-corrected chi connectivity index (χ3v) is 2.19. The number of rotatable bonds is 4. The van der Waals surface area contributed by atoms with Crippen LogP contribution in [-0.4, -0.2) is 24.2 Å². The number of benzene rings is 1. The van der Waals surface area contributed by atoms with Crippen molar-refractivity contribution in [3.8, 4) is 5.75 Å². The number of carbonyl (C=O) groups is 1. The lowest BCUT2D eigenvalue weighted by molar-refractivity contribution is 0.0999. The summed E-state index contributed by atoms with van der Waals surface area (Å²) in [5.74, 6) is -0.178. The minimum Gasteiger partial charge on any atom is -0.490 e. The standard InChI is InChI=1S/C10H12ClNO3/c1-6-4-8(11)9(15-3-2-13)5-7(6)10(12)14/h4-5,13H,2-3H2,1H3,(H2,12,14). The number of aliphatic hydroxyl groups excluding tert-OH is 1. The monoisotopic (exact) mass is 229 g/mol. The van der Waals surface area contributed by atoms with E-state index in [0.29, 0.717) is 21.9 Å². The normalized spacial score (nSPS) is 10.1. The second-order valence-corrected chi connectivity index (χ2v) is 3.44. The summed E-state index contributed by atoms with van der Waals surface area (Å²) in [5.41, 5.74) is 6.24. The predicted octanol–water partition coefficient (Wildman–Crippen LogP) is 1.12. The molecule has 3 N–H and O–H groups in total. The van der Waals surface area contributed by atoms with Crippen LogP contribution in [0, 0.1) is 6.92 Å². The molecule has 82 valence electrons. The van der Waals surface area contributed by atoms with Crippen molar-refractivity contribution in [1.29, 1.82) is 0 Å². The van der Waals surface area contributed by atoms with E-state index in [1.807, 2.05) is 0 Å². The number of hydrogen-bond donors (Lipinski definition) is 2. The molecule has 4 nitrogen and oxygen atoms in total. The lowest BCUT2D eigenvalue weighted by atomic mass is 10.1. The van der Waals surface area contributed by atoms with Crippen LogP contribution in [0.5, 0.6) is 5.75 Å². The van der Waals surface area contributed by atoms with Crippen LogP contribution in [0.1, 0.15) is 15.9 Å². The zero-order valence-electron chi connectivity index (χ0n) is 8.29. The van der Waals surface area contributed by atoms with Crippen molar-refractivity contribution in [2.75, 3.05) is 13.2 Å². The number of nitrogens with two attached hydrogens (primary N) is 1. The van der Waals surface area contributed by atoms with Gasteiger partial charge in [0, 0.05) is 5.56 Å². The fourth-order valence-electron chi connectivity index (χ4n) is 1.18. The molecule has 0 unspecified atom stereocenters. The number of amides is 1. The zero-order chi connectivity index (χ0) is 11.4. The van der Waals surface area contributed by atoms with E-state index in [1.54, 1.807) is 13.0 Å². The molecule has 0 aromatic heterocycles. The van der Waals surface area contributed by atoms with Gasteiger partial charge in [-0.25, -0.2) is 0 Å². The van der Waals surface area contributed by atoms with Crippen LogP contribution in [0.4, 0.5) is 0 Å². The van der Waals surface area contributed by atoms with E-state index < -0.39 is 5.91 Å². The van der Waals surface area contributed by atoms with Gasteiger partial charge >= 0.3 is 0 Å². The van der Waals surface area contributed by atoms with Crippen molar-refractivity contribution < 1.29 is 14.6 Å². The van der Waals surface area contributed by atoms with Gasteiger partial charge in [0.1, 0.15) is 12.4 Å². The van der Waals surface area contributed by atoms with Gasteiger partial charge < -0.3 is 15.6 Å². The largest absolute Gasteiger partial charge is 0.490 e. The maximum atomic E-state index is 11.0. The number of halogens is 1. The highest BCUT2D eigenvalue weighted by atomic mass is 35.5. The third kappa shape index (κ3) is 2.84. The van der Waals surface area contributed by atoms with Gasteiger partial charge in [0.05, 0.1) is 11.6 Å². The summed E-state index contributed by atoms with van der Waals surface area (Å²) in [4.78, 5) is 11.0. The van der Waals surface area contributed by atoms with Crippen molar-refractivity contribution in [2.24, 2.45) is 5.73 Å². The summed E-state index contributed by atoms with van der Waals surface area (Å²) in [6, 6.07) is 3.09. The first-order chi connectivity index (χ1) is 7.06. The first kappa shape index (κ1) is 11.8. The van der Waals surface area contributed by atoms with E-state index in [4.69, 9.17) is 27.2 Å². The van der Waals surface area contributed by atoms with E-state index >= 15 is 0 Å². The molecule has 0 aliphatic rings. The summed E-state index contributed by atoms with van der Waals surface area (Å²) in [6.07, 6.45) is 0. The summed E-state index contributed by atoms with van der Waals surface area (Å²) in [6.45, 7) is 1.75. The van der Waals surface area contributed by atoms with Crippen LogP contribution in [0.25, 0.3) is 0 Å². The number of carbonyl (C=O) groups excluding carboxylic acids is 1. The summed E-state index contributed by atoms with van der Waals surface area (Å²) in [5, 5.41) is 8.99. The molecule has 0 heterocycles. The van der Waals surface area contributed by atoms with Gasteiger partial charge in [0.2, 0.25) is 5.91 Å². The minimum absolute atomic E-state index is 0.115. The Morgan fingerprint density at radius 2 is 2.27 bits per heavy atom. The molecule has 5 heteroatoms. The highest BCUT2D eigenvalue weighted by Gasteiger charge is 2.10. The van der Waals surface area contributed by atoms with Crippen LogP contribution in [-0.2, 0) is 0 Å². The van der Waals surface area contributed by atoms with Crippen molar-refractivity contribution in [3.63, 3.8) is 0 Å². The fourth-order valence-corrected chi connectivity index (χ4v) is 1.46. The predicted molar refractivity (Wildman–Crippen MR) is 57.3 cm³/mol. The summed E-state index contributed by atoms with van der Waals surface area (Å²) >= 11 is 5.88. The fraction of sp³-hybridized carbons (Fsp3) is 0.300. The molecule has 15 heavy (non-hydrogen) atoms. The van der Waals surface area contributed by atoms with Gasteiger partial charge in [-0.1, -0.05) is 11.6 Å². The first-order valence-electron chi connectivity index (χ1n) is 4.40. The molecule has 1 aromatic rings. The molecule has 0 saturated carbocycles. The van der Waals surface area contributed by atoms with Crippen LogP contribution < -0.4 is 10.5 Å². The van der Waals surface area contributed by atoms with E-state index in [-0.39, 0.29) is 13.2 Å². The lowest BCUT2D eigenvalue weighted by Gasteiger charge is -2.09. The number of primary amides is 1. The molecular weight excluding hydrogens is 218 g/mol. The van der Waals surface area contributed by atoms with E-state index in [9.17, 15) is 4.79 Å². The van der Waals surface area contributed by atoms with E-state index in [1.165, 1.54) is 6.07 Å². The summed E-state index contributed by atoms with van der Waals surface area (Å²) < 4.78 is 5.14. The van der Waals surface area contributed by atoms with Gasteiger partial charge in [0.25, 0.3) is 0 Å². The Kier molecular flexibility index (Phi) is 3.94. The van der Waals surface area contributed by atoms with Gasteiger partial charge in [-0.05, 0) is 24.6 Å². The molecule has 0 atom stereocenters. The first-order valence-corrected chi connectivity index (χ1v) is 4.77. The molecule has 1 amide bonds. The quantitative estimate of drug-likeness (QED) is 0.813. The van der Waals surface area contributed by atoms with Gasteiger partial charge in [-0.15, -0.1) is 0 Å². The average Bonchev–Trinajstić information content (AvgIpc) is 2.16. The Balaban J connectivity index is 3.06. The highest BCUT2D eigenvalue weighted by molar-refractivity contribution is 6.32. The maximum absolute atomic E-state index is 11.0. The van der Waals surface area contributed by atoms with Crippen molar-refractivity contribution >= 4 is 17.5 Å². The van der Waals surface area contributed by atoms with Gasteiger partial charge in [0.15, 0.2) is 0 Å². The molecular formula is C10H12ClNO3. The number of ether oxygens (including phenoxy) is 1. The van der Waals surface area contributed by atoms with Crippen LogP contribution in [0.2, 0.25) is 5.02 Å². The SMILES string of the molecule is Cc1cc(Cl)c(OCCO)cc1C(N)=O. The van der Waals surface area contributed by atoms with Gasteiger partial charge in [-0.3, -0.25) is 4.79 Å². The smallest absolute Gasteiger partial charge is 0.249 e. The number of hydrogen-bond acceptors (Lipinski definition) is 3. The Morgan fingerprint density at radius 3 is 2.80 bits per heavy atom. The molecule has 0 radical (unpaired) electrons. The van der Waals surface area contributed by atoms with Crippen molar-refractivity contribution in [1.82, 2.24) is 0 Å². The van der Waals surface area contributed by atoms with E-state index in [2.05, 4.69) is 0 Å². The second kappa shape index (κ2) is 5.00. The molecule has 1 aromatic carbocycles. The molecule has 0 aliphatic carbocycles. The third-order valence-electron chi connectivity index (χ3n) is 1.89. The average molecular weight is 230 g/mol. The molecule has 0 fully saturated rings. The van der Waals surface area contributed by atoms with E-state index in [0.717, 1.165) is 0 Å². The lowest BCUT2D eigenvalue weighted by Crippen LogP contribution is -2.13. The van der Waals surface area contributed by atoms with Crippen LogP contribution in [0.3, 0.4) is 0 Å². The molecule has 0 spiro atoms. The number of aliphatic hydroxyl groups is 1. The zero-order valence-corrected chi connectivity index (χ0v) is 9.04. The Morgan fingerprint density at radius 1 is 1.60 bits per heavy atom. The second-order valence-electron chi connectivity index (χ2n) is 3.03. The van der Waals surface area contributed by atoms with Crippen molar-refractivity contribution in [2.45, 2.75) is 6.92 Å². The topological polar surface area (TPSA) is 72.6 Å². The van der Waals surface area contributed by atoms with Crippen molar-refractivity contribution in [3.05, 3.63) is 28.3 Å². The maximum Gasteiger partial charge on any atom is 0.249 e. The summed E-state index contributed by atoms with van der Waals surface area (Å²) in [7, 11) is 0. The molecule has 0 aliphatic heterocycles. The van der Waals surface area contributed by atoms with Gasteiger partial charge in [-0.2, -0.15) is 0 Å². The molecule has 0 saturated heterocycles. The van der Waals surface area contributed by atoms with Crippen LogP contribution in [0.15, 0.2) is 12.1 Å². The number of aryl methyl sites for hydroxylation is 1. The Hall–Kier alpha value is -1.26. The highest BCUT2D eigenvalue weighted by Crippen LogP contribution is 2.27. The molecule has 0 bridgehead atoms. The molecule has 1 rings (SSSR count). The van der Waals surface area contributed by atoms with Crippen LogP contribution >= 0.6 is 11.6 Å². The minimum atomic E-state index is -0.530. The Labute approximate surface area is 92.6 Å².